The first-order chi connectivity index (χ1) is 14.2. The van der Waals surface area contributed by atoms with Crippen molar-refractivity contribution in [2.45, 2.75) is 57.6 Å². The first-order valence-corrected chi connectivity index (χ1v) is 10.8. The van der Waals surface area contributed by atoms with Crippen LogP contribution in [0.1, 0.15) is 44.8 Å². The number of amides is 1. The van der Waals surface area contributed by atoms with Crippen molar-refractivity contribution in [3.05, 3.63) is 24.2 Å². The fourth-order valence-corrected chi connectivity index (χ4v) is 3.67. The Morgan fingerprint density at radius 3 is 2.86 bits per heavy atom. The number of nitrogens with one attached hydrogen (secondary N) is 2. The number of guanidine groups is 1. The number of carbonyl (C=O) groups is 1. The summed E-state index contributed by atoms with van der Waals surface area (Å²) in [7, 11) is 0. The van der Waals surface area contributed by atoms with Crippen LogP contribution in [0.25, 0.3) is 0 Å². The second kappa shape index (κ2) is 11.7. The maximum atomic E-state index is 11.9. The smallest absolute Gasteiger partial charge is 0.409 e. The van der Waals surface area contributed by atoms with Crippen LogP contribution in [0.2, 0.25) is 0 Å². The highest BCUT2D eigenvalue weighted by Crippen LogP contribution is 2.14. The fraction of sp³-hybridized carbons (Fsp3) is 0.714. The van der Waals surface area contributed by atoms with Gasteiger partial charge < -0.3 is 29.4 Å². The molecule has 0 aliphatic carbocycles. The van der Waals surface area contributed by atoms with Crippen LogP contribution in [0.4, 0.5) is 4.79 Å². The lowest BCUT2D eigenvalue weighted by atomic mass is 10.1. The maximum Gasteiger partial charge on any atom is 0.409 e. The summed E-state index contributed by atoms with van der Waals surface area (Å²) in [6, 6.07) is 4.16. The number of aliphatic imine (C=N–C) groups is 1. The lowest BCUT2D eigenvalue weighted by Crippen LogP contribution is -2.50. The largest absolute Gasteiger partial charge is 0.469 e. The molecule has 1 atom stereocenters. The summed E-state index contributed by atoms with van der Waals surface area (Å²) in [4.78, 5) is 18.4. The van der Waals surface area contributed by atoms with E-state index < -0.39 is 0 Å². The predicted molar refractivity (Wildman–Crippen MR) is 111 cm³/mol. The molecule has 8 nitrogen and oxygen atoms in total. The highest BCUT2D eigenvalue weighted by atomic mass is 16.6. The van der Waals surface area contributed by atoms with E-state index in [2.05, 4.69) is 10.6 Å². The predicted octanol–water partition coefficient (Wildman–Crippen LogP) is 2.55. The zero-order chi connectivity index (χ0) is 20.3. The van der Waals surface area contributed by atoms with Crippen molar-refractivity contribution in [2.75, 3.05) is 39.4 Å². The zero-order valence-electron chi connectivity index (χ0n) is 17.4. The number of carbonyl (C=O) groups excluding carboxylic acids is 1. The first kappa shape index (κ1) is 21.5. The third-order valence-corrected chi connectivity index (χ3v) is 5.33. The second-order valence-corrected chi connectivity index (χ2v) is 7.54. The van der Waals surface area contributed by atoms with Crippen molar-refractivity contribution >= 4 is 12.1 Å². The molecule has 2 aliphatic heterocycles. The summed E-state index contributed by atoms with van der Waals surface area (Å²) < 4.78 is 16.3. The molecule has 162 valence electrons. The average Bonchev–Trinajstić information content (AvgIpc) is 3.27. The van der Waals surface area contributed by atoms with Gasteiger partial charge in [-0.05, 0) is 51.2 Å². The Bertz CT molecular complexity index is 621. The van der Waals surface area contributed by atoms with Gasteiger partial charge in [0, 0.05) is 38.7 Å². The van der Waals surface area contributed by atoms with E-state index in [1.165, 1.54) is 6.42 Å². The Hall–Kier alpha value is -2.22. The standard InChI is InChI=1S/C21H34N4O4/c1-2-27-21(26)25-12-9-17(10-13-25)24-20(22-11-8-18-7-5-15-28-18)23-16-19-6-3-4-14-29-19/h5,7,15,17,19H,2-4,6,8-14,16H2,1H3,(H2,22,23,24). The molecule has 8 heteroatoms. The molecule has 0 bridgehead atoms. The van der Waals surface area contributed by atoms with Crippen LogP contribution >= 0.6 is 0 Å². The molecule has 0 aromatic carbocycles. The van der Waals surface area contributed by atoms with Gasteiger partial charge in [-0.2, -0.15) is 0 Å². The molecule has 0 spiro atoms. The Balaban J connectivity index is 1.49. The van der Waals surface area contributed by atoms with Gasteiger partial charge in [0.15, 0.2) is 5.96 Å². The molecule has 1 aromatic heterocycles. The van der Waals surface area contributed by atoms with Crippen LogP contribution < -0.4 is 10.6 Å². The van der Waals surface area contributed by atoms with E-state index in [1.54, 1.807) is 11.2 Å². The van der Waals surface area contributed by atoms with E-state index in [9.17, 15) is 4.79 Å². The lowest BCUT2D eigenvalue weighted by Gasteiger charge is -2.32. The average molecular weight is 407 g/mol. The number of furan rings is 1. The van der Waals surface area contributed by atoms with Gasteiger partial charge in [-0.15, -0.1) is 0 Å². The molecule has 1 unspecified atom stereocenters. The molecule has 1 amide bonds. The number of nitrogens with zero attached hydrogens (tertiary/aromatic N) is 2. The highest BCUT2D eigenvalue weighted by Gasteiger charge is 2.24. The molecule has 0 saturated carbocycles. The second-order valence-electron chi connectivity index (χ2n) is 7.54. The van der Waals surface area contributed by atoms with Crippen LogP contribution in [-0.2, 0) is 15.9 Å². The molecule has 3 rings (SSSR count). The number of hydrogen-bond acceptors (Lipinski definition) is 5. The summed E-state index contributed by atoms with van der Waals surface area (Å²) in [6.45, 7) is 5.88. The van der Waals surface area contributed by atoms with E-state index in [1.807, 2.05) is 19.1 Å². The zero-order valence-corrected chi connectivity index (χ0v) is 17.4. The molecule has 29 heavy (non-hydrogen) atoms. The molecule has 1 aromatic rings. The molecule has 2 aliphatic rings. The fourth-order valence-electron chi connectivity index (χ4n) is 3.67. The van der Waals surface area contributed by atoms with Crippen LogP contribution in [0.15, 0.2) is 27.8 Å². The van der Waals surface area contributed by atoms with Crippen LogP contribution in [0, 0.1) is 0 Å². The van der Waals surface area contributed by atoms with Gasteiger partial charge >= 0.3 is 6.09 Å². The third kappa shape index (κ3) is 7.27. The van der Waals surface area contributed by atoms with Crippen molar-refractivity contribution < 1.29 is 18.7 Å². The van der Waals surface area contributed by atoms with E-state index in [4.69, 9.17) is 18.9 Å². The van der Waals surface area contributed by atoms with Crippen LogP contribution in [-0.4, -0.2) is 68.5 Å². The van der Waals surface area contributed by atoms with Gasteiger partial charge in [-0.3, -0.25) is 4.99 Å². The highest BCUT2D eigenvalue weighted by molar-refractivity contribution is 5.80. The molecule has 2 N–H and O–H groups in total. The first-order valence-electron chi connectivity index (χ1n) is 10.8. The minimum absolute atomic E-state index is 0.207. The summed E-state index contributed by atoms with van der Waals surface area (Å²) in [5, 5.41) is 6.96. The Morgan fingerprint density at radius 2 is 2.17 bits per heavy atom. The van der Waals surface area contributed by atoms with Crippen molar-refractivity contribution in [1.29, 1.82) is 0 Å². The molecular weight excluding hydrogens is 372 g/mol. The molecule has 3 heterocycles. The van der Waals surface area contributed by atoms with Crippen LogP contribution in [0.5, 0.6) is 0 Å². The summed E-state index contributed by atoms with van der Waals surface area (Å²) in [6.07, 6.45) is 7.66. The Labute approximate surface area is 173 Å². The van der Waals surface area contributed by atoms with Gasteiger partial charge in [0.05, 0.1) is 25.5 Å². The molecule has 2 saturated heterocycles. The lowest BCUT2D eigenvalue weighted by molar-refractivity contribution is 0.0224. The molecular formula is C21H34N4O4. The topological polar surface area (TPSA) is 88.3 Å². The normalized spacial score (nSPS) is 21.1. The molecule has 0 radical (unpaired) electrons. The number of rotatable bonds is 7. The van der Waals surface area contributed by atoms with Gasteiger partial charge in [0.25, 0.3) is 0 Å². The quantitative estimate of drug-likeness (QED) is 0.534. The number of ether oxygens (including phenoxy) is 2. The minimum Gasteiger partial charge on any atom is -0.469 e. The van der Waals surface area contributed by atoms with Gasteiger partial charge in [0.1, 0.15) is 5.76 Å². The summed E-state index contributed by atoms with van der Waals surface area (Å²) in [5.74, 6) is 1.76. The number of likely N-dealkylation sites (tertiary alicyclic amines) is 1. The number of hydrogen-bond donors (Lipinski definition) is 2. The van der Waals surface area contributed by atoms with Crippen molar-refractivity contribution in [1.82, 2.24) is 15.5 Å². The van der Waals surface area contributed by atoms with E-state index >= 15 is 0 Å². The van der Waals surface area contributed by atoms with Crippen LogP contribution in [0.3, 0.4) is 0 Å². The van der Waals surface area contributed by atoms with Crippen molar-refractivity contribution in [3.63, 3.8) is 0 Å². The minimum atomic E-state index is -0.217. The van der Waals surface area contributed by atoms with Crippen molar-refractivity contribution in [3.8, 4) is 0 Å². The van der Waals surface area contributed by atoms with Gasteiger partial charge in [-0.25, -0.2) is 4.79 Å². The SMILES string of the molecule is CCOC(=O)N1CCC(NC(=NCC2CCCCO2)NCCc2ccco2)CC1. The van der Waals surface area contributed by atoms with Crippen molar-refractivity contribution in [2.24, 2.45) is 4.99 Å². The maximum absolute atomic E-state index is 11.9. The Kier molecular flexibility index (Phi) is 8.67. The van der Waals surface area contributed by atoms with Gasteiger partial charge in [0.2, 0.25) is 0 Å². The van der Waals surface area contributed by atoms with E-state index in [0.717, 1.165) is 57.0 Å². The summed E-state index contributed by atoms with van der Waals surface area (Å²) >= 11 is 0. The number of piperidine rings is 1. The monoisotopic (exact) mass is 406 g/mol. The third-order valence-electron chi connectivity index (χ3n) is 5.33. The summed E-state index contributed by atoms with van der Waals surface area (Å²) in [5.41, 5.74) is 0. The molecule has 2 fully saturated rings. The van der Waals surface area contributed by atoms with E-state index in [0.29, 0.717) is 26.2 Å². The Morgan fingerprint density at radius 1 is 1.31 bits per heavy atom. The van der Waals surface area contributed by atoms with Gasteiger partial charge in [-0.1, -0.05) is 0 Å². The van der Waals surface area contributed by atoms with E-state index in [-0.39, 0.29) is 18.2 Å².